The Morgan fingerprint density at radius 1 is 1.00 bits per heavy atom. The van der Waals surface area contributed by atoms with Crippen molar-refractivity contribution in [2.45, 2.75) is 41.4 Å². The van der Waals surface area contributed by atoms with Crippen LogP contribution in [0.1, 0.15) is 29.0 Å². The Kier molecular flexibility index (Phi) is 3.08. The van der Waals surface area contributed by atoms with Gasteiger partial charge in [0.2, 0.25) is 0 Å². The maximum absolute atomic E-state index is 10.6. The molecule has 1 aliphatic carbocycles. The molecule has 1 nitrogen and oxygen atoms in total. The van der Waals surface area contributed by atoms with Crippen LogP contribution in [0.15, 0.2) is 53.4 Å². The molecule has 3 atom stereocenters. The fraction of sp³-hybridized carbons (Fsp3) is 0.333. The average Bonchev–Trinajstić information content (AvgIpc) is 2.88. The number of hydrogen-bond donors (Lipinski definition) is 1. The Morgan fingerprint density at radius 2 is 1.75 bits per heavy atom. The van der Waals surface area contributed by atoms with Gasteiger partial charge in [-0.05, 0) is 47.9 Å². The highest BCUT2D eigenvalue weighted by molar-refractivity contribution is 8.00. The summed E-state index contributed by atoms with van der Waals surface area (Å²) in [7, 11) is 0. The summed E-state index contributed by atoms with van der Waals surface area (Å²) in [4.78, 5) is 1.35. The maximum atomic E-state index is 10.6. The first-order valence-corrected chi connectivity index (χ1v) is 8.19. The van der Waals surface area contributed by atoms with Gasteiger partial charge in [-0.3, -0.25) is 0 Å². The van der Waals surface area contributed by atoms with E-state index in [1.807, 2.05) is 11.8 Å². The average molecular weight is 282 g/mol. The zero-order valence-electron chi connectivity index (χ0n) is 11.3. The minimum atomic E-state index is -0.203. The van der Waals surface area contributed by atoms with Crippen LogP contribution in [-0.2, 0) is 12.8 Å². The second-order valence-electron chi connectivity index (χ2n) is 5.87. The van der Waals surface area contributed by atoms with Crippen molar-refractivity contribution in [3.63, 3.8) is 0 Å². The maximum Gasteiger partial charge on any atom is 0.0671 e. The summed E-state index contributed by atoms with van der Waals surface area (Å²) in [5, 5.41) is 10.9. The summed E-state index contributed by atoms with van der Waals surface area (Å²) in [5.41, 5.74) is 4.31. The highest BCUT2D eigenvalue weighted by Gasteiger charge is 2.33. The third-order valence-electron chi connectivity index (χ3n) is 4.59. The second kappa shape index (κ2) is 4.94. The standard InChI is InChI=1S/C18H18OS/c19-16(10-14-9-12-5-1-3-7-15(12)14)18-11-13-6-2-4-8-17(13)20-18/h1-8,14,16,18-19H,9-11H2. The van der Waals surface area contributed by atoms with Crippen LogP contribution in [0.2, 0.25) is 0 Å². The predicted molar refractivity (Wildman–Crippen MR) is 83.3 cm³/mol. The molecule has 0 radical (unpaired) electrons. The van der Waals surface area contributed by atoms with Crippen molar-refractivity contribution in [1.29, 1.82) is 0 Å². The molecule has 0 fully saturated rings. The molecule has 2 aromatic rings. The van der Waals surface area contributed by atoms with Gasteiger partial charge in [-0.1, -0.05) is 42.5 Å². The van der Waals surface area contributed by atoms with Gasteiger partial charge in [0, 0.05) is 10.1 Å². The Labute approximate surface area is 124 Å². The fourth-order valence-corrected chi connectivity index (χ4v) is 4.76. The molecule has 0 bridgehead atoms. The van der Waals surface area contributed by atoms with Crippen molar-refractivity contribution in [3.8, 4) is 0 Å². The van der Waals surface area contributed by atoms with Gasteiger partial charge in [-0.25, -0.2) is 0 Å². The lowest BCUT2D eigenvalue weighted by Gasteiger charge is -2.32. The van der Waals surface area contributed by atoms with Gasteiger partial charge in [0.15, 0.2) is 0 Å². The summed E-state index contributed by atoms with van der Waals surface area (Å²) < 4.78 is 0. The molecule has 0 saturated carbocycles. The molecule has 1 heterocycles. The van der Waals surface area contributed by atoms with Crippen molar-refractivity contribution in [2.24, 2.45) is 0 Å². The molecular weight excluding hydrogens is 264 g/mol. The summed E-state index contributed by atoms with van der Waals surface area (Å²) in [6.45, 7) is 0. The fourth-order valence-electron chi connectivity index (χ4n) is 3.44. The lowest BCUT2D eigenvalue weighted by Crippen LogP contribution is -2.29. The molecule has 20 heavy (non-hydrogen) atoms. The van der Waals surface area contributed by atoms with Gasteiger partial charge in [-0.2, -0.15) is 0 Å². The van der Waals surface area contributed by atoms with Crippen LogP contribution in [0.3, 0.4) is 0 Å². The number of rotatable bonds is 3. The molecule has 0 saturated heterocycles. The Balaban J connectivity index is 1.42. The van der Waals surface area contributed by atoms with Gasteiger partial charge in [-0.15, -0.1) is 11.8 Å². The van der Waals surface area contributed by atoms with Crippen molar-refractivity contribution in [3.05, 3.63) is 65.2 Å². The zero-order chi connectivity index (χ0) is 13.5. The van der Waals surface area contributed by atoms with Crippen LogP contribution in [0.25, 0.3) is 0 Å². The number of hydrogen-bond acceptors (Lipinski definition) is 2. The molecule has 1 N–H and O–H groups in total. The molecule has 3 unspecified atom stereocenters. The quantitative estimate of drug-likeness (QED) is 0.924. The lowest BCUT2D eigenvalue weighted by atomic mass is 9.74. The Morgan fingerprint density at radius 3 is 2.55 bits per heavy atom. The second-order valence-corrected chi connectivity index (χ2v) is 7.15. The molecule has 2 aromatic carbocycles. The summed E-state index contributed by atoms with van der Waals surface area (Å²) in [6.07, 6.45) is 2.85. The molecule has 0 spiro atoms. The molecule has 4 rings (SSSR count). The van der Waals surface area contributed by atoms with E-state index in [2.05, 4.69) is 48.5 Å². The first kappa shape index (κ1) is 12.5. The lowest BCUT2D eigenvalue weighted by molar-refractivity contribution is 0.149. The van der Waals surface area contributed by atoms with Gasteiger partial charge >= 0.3 is 0 Å². The van der Waals surface area contributed by atoms with E-state index in [-0.39, 0.29) is 6.10 Å². The van der Waals surface area contributed by atoms with Crippen LogP contribution >= 0.6 is 11.8 Å². The van der Waals surface area contributed by atoms with Crippen LogP contribution in [0.4, 0.5) is 0 Å². The number of aliphatic hydroxyl groups excluding tert-OH is 1. The molecule has 0 amide bonds. The van der Waals surface area contributed by atoms with Crippen LogP contribution in [0.5, 0.6) is 0 Å². The SMILES string of the molecule is OC(CC1Cc2ccccc21)C1Cc2ccccc2S1. The van der Waals surface area contributed by atoms with Gasteiger partial charge in [0.1, 0.15) is 0 Å². The molecule has 0 aromatic heterocycles. The first-order valence-electron chi connectivity index (χ1n) is 7.31. The van der Waals surface area contributed by atoms with Gasteiger partial charge in [0.05, 0.1) is 6.10 Å². The zero-order valence-corrected chi connectivity index (χ0v) is 12.1. The van der Waals surface area contributed by atoms with Gasteiger partial charge < -0.3 is 5.11 Å². The Hall–Kier alpha value is -1.25. The largest absolute Gasteiger partial charge is 0.392 e. The van der Waals surface area contributed by atoms with Crippen molar-refractivity contribution in [1.82, 2.24) is 0 Å². The molecule has 2 heteroatoms. The number of fused-ring (bicyclic) bond motifs is 2. The van der Waals surface area contributed by atoms with E-state index in [4.69, 9.17) is 0 Å². The minimum absolute atomic E-state index is 0.203. The summed E-state index contributed by atoms with van der Waals surface area (Å²) in [6, 6.07) is 17.2. The van der Waals surface area contributed by atoms with E-state index >= 15 is 0 Å². The number of aliphatic hydroxyl groups is 1. The van der Waals surface area contributed by atoms with Crippen LogP contribution in [0, 0.1) is 0 Å². The third kappa shape index (κ3) is 2.07. The smallest absolute Gasteiger partial charge is 0.0671 e. The Bertz CT molecular complexity index is 612. The third-order valence-corrected chi connectivity index (χ3v) is 6.02. The normalized spacial score (nSPS) is 24.6. The van der Waals surface area contributed by atoms with E-state index in [9.17, 15) is 5.11 Å². The van der Waals surface area contributed by atoms with E-state index in [1.165, 1.54) is 21.6 Å². The first-order chi connectivity index (χ1) is 9.81. The number of benzene rings is 2. The monoisotopic (exact) mass is 282 g/mol. The van der Waals surface area contributed by atoms with E-state index < -0.39 is 0 Å². The topological polar surface area (TPSA) is 20.2 Å². The molecule has 2 aliphatic rings. The highest BCUT2D eigenvalue weighted by Crippen LogP contribution is 2.43. The molecule has 1 aliphatic heterocycles. The molecular formula is C18H18OS. The highest BCUT2D eigenvalue weighted by atomic mass is 32.2. The van der Waals surface area contributed by atoms with E-state index in [1.54, 1.807) is 0 Å². The van der Waals surface area contributed by atoms with Crippen LogP contribution < -0.4 is 0 Å². The van der Waals surface area contributed by atoms with E-state index in [0.29, 0.717) is 11.2 Å². The summed E-state index contributed by atoms with van der Waals surface area (Å²) >= 11 is 1.85. The number of thioether (sulfide) groups is 1. The molecule has 102 valence electrons. The van der Waals surface area contributed by atoms with Crippen molar-refractivity contribution in [2.75, 3.05) is 0 Å². The summed E-state index contributed by atoms with van der Waals surface area (Å²) in [5.74, 6) is 0.561. The van der Waals surface area contributed by atoms with Crippen molar-refractivity contribution >= 4 is 11.8 Å². The van der Waals surface area contributed by atoms with Gasteiger partial charge in [0.25, 0.3) is 0 Å². The van der Waals surface area contributed by atoms with Crippen molar-refractivity contribution < 1.29 is 5.11 Å². The minimum Gasteiger partial charge on any atom is -0.392 e. The van der Waals surface area contributed by atoms with Crippen LogP contribution in [-0.4, -0.2) is 16.5 Å². The predicted octanol–water partition coefficient (Wildman–Crippen LogP) is 3.79. The van der Waals surface area contributed by atoms with E-state index in [0.717, 1.165) is 19.3 Å².